The molecule has 0 radical (unpaired) electrons. The molecule has 2 aromatic rings. The van der Waals surface area contributed by atoms with E-state index in [0.29, 0.717) is 18.4 Å². The molecular formula is C49H64O19. The van der Waals surface area contributed by atoms with E-state index in [-0.39, 0.29) is 71.4 Å². The van der Waals surface area contributed by atoms with Crippen LogP contribution in [0.15, 0.2) is 35.9 Å². The van der Waals surface area contributed by atoms with Gasteiger partial charge in [0.15, 0.2) is 36.7 Å². The molecule has 5 heterocycles. The fourth-order valence-electron chi connectivity index (χ4n) is 10.8. The number of benzene rings is 2. The summed E-state index contributed by atoms with van der Waals surface area (Å²) < 4.78 is 61.3. The van der Waals surface area contributed by atoms with Gasteiger partial charge in [0.25, 0.3) is 0 Å². The number of fused-ring (bicyclic) bond motifs is 3. The number of aliphatic hydroxyl groups is 6. The lowest BCUT2D eigenvalue weighted by molar-refractivity contribution is -0.336. The lowest BCUT2D eigenvalue weighted by Gasteiger charge is -2.45. The molecule has 0 amide bonds. The number of aliphatic hydroxyl groups excluding tert-OH is 6. The summed E-state index contributed by atoms with van der Waals surface area (Å²) in [6, 6.07) is 7.88. The van der Waals surface area contributed by atoms with E-state index in [1.807, 2.05) is 6.92 Å². The van der Waals surface area contributed by atoms with Crippen LogP contribution in [0.1, 0.15) is 111 Å². The molecule has 5 aliphatic heterocycles. The maximum Gasteiger partial charge on any atom is 0.202 e. The fourth-order valence-corrected chi connectivity index (χ4v) is 10.8. The summed E-state index contributed by atoms with van der Waals surface area (Å²) in [5.41, 5.74) is 1.44. The molecule has 7 aliphatic rings. The first kappa shape index (κ1) is 49.5. The number of allylic oxidation sites excluding steroid dienone is 1. The normalized spacial score (nSPS) is 42.0. The van der Waals surface area contributed by atoms with Gasteiger partial charge in [0.1, 0.15) is 35.9 Å². The highest BCUT2D eigenvalue weighted by molar-refractivity contribution is 6.42. The third kappa shape index (κ3) is 9.78. The zero-order valence-corrected chi connectivity index (χ0v) is 38.9. The molecule has 9 rings (SSSR count). The second-order valence-electron chi connectivity index (χ2n) is 19.4. The molecule has 0 bridgehead atoms. The van der Waals surface area contributed by atoms with Crippen LogP contribution in [0.3, 0.4) is 0 Å². The van der Waals surface area contributed by atoms with Crippen molar-refractivity contribution < 1.29 is 92.7 Å². The van der Waals surface area contributed by atoms with Crippen molar-refractivity contribution in [2.24, 2.45) is 0 Å². The van der Waals surface area contributed by atoms with Gasteiger partial charge in [-0.1, -0.05) is 18.2 Å². The Labute approximate surface area is 393 Å². The quantitative estimate of drug-likeness (QED) is 0.180. The third-order valence-electron chi connectivity index (χ3n) is 14.3. The zero-order valence-electron chi connectivity index (χ0n) is 38.9. The molecular weight excluding hydrogens is 893 g/mol. The molecule has 19 nitrogen and oxygen atoms in total. The van der Waals surface area contributed by atoms with Crippen LogP contribution in [0.25, 0.3) is 5.57 Å². The van der Waals surface area contributed by atoms with E-state index >= 15 is 0 Å². The first-order valence-corrected chi connectivity index (χ1v) is 23.8. The number of aromatic hydroxyl groups is 1. The number of Topliss-reactive ketones (excluding diaryl/α,β-unsaturated/α-hetero) is 2. The van der Waals surface area contributed by atoms with Crippen molar-refractivity contribution in [1.82, 2.24) is 0 Å². The van der Waals surface area contributed by atoms with Gasteiger partial charge in [-0.2, -0.15) is 0 Å². The SMILES string of the molecule is Cc1cc(O)c2c(c1)C[C@@H](O)C1=C2C(=O)c2cccc(O[C@H]3C[C@@H](O)[C@H](O[C@H]4C[C@@H](O[C@H]5CC[C@H](O[C@H]6C[C@@H](O)[C@H](O[C@H]7C[C@@H](O)[C@H](O)[C@@H](C)O7)C(C)O6)[C@H](C)O5)[C@H](O)[C@@H](C)O4)[C@@H](C)O3)c2C1=O. The molecule has 0 aromatic heterocycles. The van der Waals surface area contributed by atoms with Crippen LogP contribution in [0.4, 0.5) is 0 Å². The minimum absolute atomic E-state index is 0.0278. The summed E-state index contributed by atoms with van der Waals surface area (Å²) in [5.74, 6) is -1.24. The molecule has 1 unspecified atom stereocenters. The van der Waals surface area contributed by atoms with E-state index in [1.165, 1.54) is 18.2 Å². The summed E-state index contributed by atoms with van der Waals surface area (Å²) in [5, 5.41) is 75.8. The number of hydrogen-bond acceptors (Lipinski definition) is 19. The summed E-state index contributed by atoms with van der Waals surface area (Å²) >= 11 is 0. The molecule has 20 atom stereocenters. The molecule has 19 heteroatoms. The number of carbonyl (C=O) groups is 2. The Balaban J connectivity index is 0.769. The van der Waals surface area contributed by atoms with Crippen LogP contribution < -0.4 is 4.74 Å². The molecule has 7 N–H and O–H groups in total. The summed E-state index contributed by atoms with van der Waals surface area (Å²) in [6.07, 6.45) is -15.3. The molecule has 68 heavy (non-hydrogen) atoms. The summed E-state index contributed by atoms with van der Waals surface area (Å²) in [4.78, 5) is 28.2. The van der Waals surface area contributed by atoms with E-state index in [1.54, 1.807) is 46.8 Å². The topological polar surface area (TPSA) is 268 Å². The highest BCUT2D eigenvalue weighted by atomic mass is 16.8. The number of hydrogen-bond donors (Lipinski definition) is 7. The van der Waals surface area contributed by atoms with Crippen LogP contribution in [0.5, 0.6) is 11.5 Å². The second kappa shape index (κ2) is 20.0. The van der Waals surface area contributed by atoms with E-state index in [4.69, 9.17) is 47.4 Å². The predicted octanol–water partition coefficient (Wildman–Crippen LogP) is 2.24. The van der Waals surface area contributed by atoms with Crippen molar-refractivity contribution in [3.8, 4) is 11.5 Å². The maximum absolute atomic E-state index is 14.1. The monoisotopic (exact) mass is 956 g/mol. The highest BCUT2D eigenvalue weighted by Gasteiger charge is 2.48. The predicted molar refractivity (Wildman–Crippen MR) is 234 cm³/mol. The Bertz CT molecular complexity index is 2180. The molecule has 2 aromatic carbocycles. The Morgan fingerprint density at radius 2 is 1.15 bits per heavy atom. The van der Waals surface area contributed by atoms with Crippen molar-refractivity contribution in [3.05, 3.63) is 63.7 Å². The minimum Gasteiger partial charge on any atom is -0.507 e. The van der Waals surface area contributed by atoms with E-state index in [2.05, 4.69) is 0 Å². The van der Waals surface area contributed by atoms with Crippen molar-refractivity contribution in [1.29, 1.82) is 0 Å². The van der Waals surface area contributed by atoms with Gasteiger partial charge < -0.3 is 83.1 Å². The molecule has 5 fully saturated rings. The van der Waals surface area contributed by atoms with Crippen LogP contribution in [-0.4, -0.2) is 170 Å². The lowest BCUT2D eigenvalue weighted by Crippen LogP contribution is -2.56. The van der Waals surface area contributed by atoms with Gasteiger partial charge in [-0.3, -0.25) is 9.59 Å². The van der Waals surface area contributed by atoms with Gasteiger partial charge in [-0.25, -0.2) is 0 Å². The van der Waals surface area contributed by atoms with Gasteiger partial charge in [-0.15, -0.1) is 0 Å². The number of phenols is 1. The Kier molecular flexibility index (Phi) is 14.5. The fraction of sp³-hybridized carbons (Fsp3) is 0.673. The lowest BCUT2D eigenvalue weighted by atomic mass is 9.73. The Morgan fingerprint density at radius 1 is 0.574 bits per heavy atom. The third-order valence-corrected chi connectivity index (χ3v) is 14.3. The Morgan fingerprint density at radius 3 is 1.81 bits per heavy atom. The minimum atomic E-state index is -1.29. The summed E-state index contributed by atoms with van der Waals surface area (Å²) in [7, 11) is 0. The number of phenolic OH excluding ortho intramolecular Hbond substituents is 1. The standard InChI is InChI=1S/C49H64O19/c1-19-12-25-14-28(51)42-43(40(25)27(50)13-19)46(57)26-8-7-9-33(41(26)47(42)58)65-37-17-31(54)49(24(6)63-37)68-39-18-34(45(56)22(4)61-39)66-35-11-10-32(20(2)59-35)64-36-16-30(53)48(23(5)62-36)67-38-15-29(52)44(55)21(3)60-38/h7-9,12-13,20-24,28-32,34-39,44-45,48-56H,10-11,14-18H2,1-6H3/t20-,21+,22+,23?,24+,28+,29+,30+,31+,32-,34+,35-,36-,37-,38-,39-,44+,45+,48+,49+/m0/s1. The largest absolute Gasteiger partial charge is 0.507 e. The van der Waals surface area contributed by atoms with Crippen LogP contribution in [0, 0.1) is 6.92 Å². The number of ketones is 2. The van der Waals surface area contributed by atoms with Crippen LogP contribution in [-0.2, 0) is 49.1 Å². The van der Waals surface area contributed by atoms with Crippen molar-refractivity contribution in [2.75, 3.05) is 0 Å². The summed E-state index contributed by atoms with van der Waals surface area (Å²) in [6.45, 7) is 10.4. The van der Waals surface area contributed by atoms with Crippen molar-refractivity contribution >= 4 is 17.1 Å². The smallest absolute Gasteiger partial charge is 0.202 e. The zero-order chi connectivity index (χ0) is 48.5. The van der Waals surface area contributed by atoms with Crippen molar-refractivity contribution in [2.45, 2.75) is 209 Å². The molecule has 2 aliphatic carbocycles. The van der Waals surface area contributed by atoms with Gasteiger partial charge in [0, 0.05) is 60.8 Å². The van der Waals surface area contributed by atoms with E-state index in [0.717, 1.165) is 5.56 Å². The first-order chi connectivity index (χ1) is 32.3. The highest BCUT2D eigenvalue weighted by Crippen LogP contribution is 2.46. The van der Waals surface area contributed by atoms with Gasteiger partial charge in [0.2, 0.25) is 6.29 Å². The van der Waals surface area contributed by atoms with Gasteiger partial charge in [0.05, 0.1) is 72.7 Å². The van der Waals surface area contributed by atoms with Crippen molar-refractivity contribution in [3.63, 3.8) is 0 Å². The first-order valence-electron chi connectivity index (χ1n) is 23.8. The van der Waals surface area contributed by atoms with Gasteiger partial charge >= 0.3 is 0 Å². The van der Waals surface area contributed by atoms with Crippen LogP contribution >= 0.6 is 0 Å². The number of carbonyl (C=O) groups excluding carboxylic acids is 2. The second-order valence-corrected chi connectivity index (χ2v) is 19.4. The molecule has 5 saturated heterocycles. The number of aryl methyl sites for hydroxylation is 1. The molecule has 0 spiro atoms. The molecule has 0 saturated carbocycles. The maximum atomic E-state index is 14.1. The average molecular weight is 957 g/mol. The molecule has 374 valence electrons. The number of rotatable bonds is 10. The Hall–Kier alpha value is -3.48. The van der Waals surface area contributed by atoms with E-state index in [9.17, 15) is 45.3 Å². The van der Waals surface area contributed by atoms with E-state index < -0.39 is 135 Å². The van der Waals surface area contributed by atoms with Crippen LogP contribution in [0.2, 0.25) is 0 Å². The number of ether oxygens (including phenoxy) is 10. The average Bonchev–Trinajstić information content (AvgIpc) is 3.26. The van der Waals surface area contributed by atoms with Gasteiger partial charge in [-0.05, 0) is 71.2 Å².